The molecule has 0 N–H and O–H groups in total. The number of cyclic esters (lactones) is 1. The maximum Gasteiger partial charge on any atom is 0.334 e. The van der Waals surface area contributed by atoms with Gasteiger partial charge in [-0.2, -0.15) is 0 Å². The fraction of sp³-hybridized carbons (Fsp3) is 0.167. The first kappa shape index (κ1) is 13.9. The van der Waals surface area contributed by atoms with Gasteiger partial charge in [-0.3, -0.25) is 0 Å². The van der Waals surface area contributed by atoms with E-state index < -0.39 is 0 Å². The zero-order chi connectivity index (χ0) is 15.0. The zero-order valence-electron chi connectivity index (χ0n) is 11.7. The van der Waals surface area contributed by atoms with Crippen LogP contribution < -0.4 is 0 Å². The lowest BCUT2D eigenvalue weighted by atomic mass is 9.86. The van der Waals surface area contributed by atoms with Gasteiger partial charge in [0.05, 0.1) is 5.92 Å². The number of esters is 1. The first-order valence-corrected chi connectivity index (χ1v) is 7.16. The van der Waals surface area contributed by atoms with Crippen molar-refractivity contribution < 1.29 is 9.53 Å². The van der Waals surface area contributed by atoms with E-state index in [1.54, 1.807) is 0 Å². The summed E-state index contributed by atoms with van der Waals surface area (Å²) in [6, 6.07) is 15.5. The number of benzene rings is 2. The molecule has 2 nitrogen and oxygen atoms in total. The van der Waals surface area contributed by atoms with Crippen LogP contribution >= 0.6 is 11.6 Å². The highest BCUT2D eigenvalue weighted by Crippen LogP contribution is 2.45. The van der Waals surface area contributed by atoms with Crippen LogP contribution in [0.2, 0.25) is 5.02 Å². The maximum absolute atomic E-state index is 11.9. The molecular weight excluding hydrogens is 284 g/mol. The standard InChI is InChI=1S/C18H15ClO2/c1-11-3-5-14(6-4-11)17-16(12(2)18(20)21-17)13-7-9-15(19)10-8-13/h3-10,16-17H,2H2,1H3. The van der Waals surface area contributed by atoms with Crippen molar-refractivity contribution in [3.05, 3.63) is 82.4 Å². The van der Waals surface area contributed by atoms with E-state index in [4.69, 9.17) is 16.3 Å². The van der Waals surface area contributed by atoms with Gasteiger partial charge >= 0.3 is 5.97 Å². The molecule has 1 saturated heterocycles. The van der Waals surface area contributed by atoms with Crippen LogP contribution in [0.25, 0.3) is 0 Å². The van der Waals surface area contributed by atoms with E-state index in [2.05, 4.69) is 6.58 Å². The van der Waals surface area contributed by atoms with Gasteiger partial charge in [-0.15, -0.1) is 0 Å². The van der Waals surface area contributed by atoms with Crippen LogP contribution in [0.15, 0.2) is 60.7 Å². The second kappa shape index (κ2) is 5.38. The van der Waals surface area contributed by atoms with Crippen molar-refractivity contribution in [2.75, 3.05) is 0 Å². The van der Waals surface area contributed by atoms with Crippen molar-refractivity contribution in [2.24, 2.45) is 0 Å². The number of hydrogen-bond donors (Lipinski definition) is 0. The summed E-state index contributed by atoms with van der Waals surface area (Å²) in [7, 11) is 0. The lowest BCUT2D eigenvalue weighted by Crippen LogP contribution is -2.07. The Bertz CT molecular complexity index is 686. The van der Waals surface area contributed by atoms with Gasteiger partial charge in [0.2, 0.25) is 0 Å². The summed E-state index contributed by atoms with van der Waals surface area (Å²) in [6.45, 7) is 5.93. The molecule has 0 radical (unpaired) electrons. The van der Waals surface area contributed by atoms with Crippen LogP contribution in [0.3, 0.4) is 0 Å². The maximum atomic E-state index is 11.9. The summed E-state index contributed by atoms with van der Waals surface area (Å²) in [4.78, 5) is 11.9. The predicted molar refractivity (Wildman–Crippen MR) is 83.3 cm³/mol. The molecule has 2 aromatic rings. The summed E-state index contributed by atoms with van der Waals surface area (Å²) in [5.41, 5.74) is 3.63. The molecule has 106 valence electrons. The first-order valence-electron chi connectivity index (χ1n) is 6.78. The fourth-order valence-corrected chi connectivity index (χ4v) is 2.76. The van der Waals surface area contributed by atoms with Crippen LogP contribution in [0.5, 0.6) is 0 Å². The third-order valence-corrected chi connectivity index (χ3v) is 4.06. The van der Waals surface area contributed by atoms with E-state index in [0.717, 1.165) is 11.1 Å². The number of carbonyl (C=O) groups is 1. The van der Waals surface area contributed by atoms with Gasteiger partial charge in [-0.25, -0.2) is 4.79 Å². The Morgan fingerprint density at radius 1 is 1.00 bits per heavy atom. The molecule has 21 heavy (non-hydrogen) atoms. The molecule has 1 aliphatic heterocycles. The molecule has 1 heterocycles. The van der Waals surface area contributed by atoms with Crippen LogP contribution in [0.4, 0.5) is 0 Å². The average Bonchev–Trinajstić information content (AvgIpc) is 2.77. The van der Waals surface area contributed by atoms with Gasteiger partial charge in [0.1, 0.15) is 6.10 Å². The van der Waals surface area contributed by atoms with E-state index in [0.29, 0.717) is 10.6 Å². The minimum Gasteiger partial charge on any atom is -0.453 e. The summed E-state index contributed by atoms with van der Waals surface area (Å²) < 4.78 is 5.53. The van der Waals surface area contributed by atoms with E-state index in [-0.39, 0.29) is 18.0 Å². The third kappa shape index (κ3) is 2.59. The van der Waals surface area contributed by atoms with Gasteiger partial charge in [0.15, 0.2) is 0 Å². The third-order valence-electron chi connectivity index (χ3n) is 3.81. The number of halogens is 1. The molecule has 0 amide bonds. The monoisotopic (exact) mass is 298 g/mol. The van der Waals surface area contributed by atoms with E-state index in [1.807, 2.05) is 55.5 Å². The van der Waals surface area contributed by atoms with E-state index in [9.17, 15) is 4.79 Å². The Hall–Kier alpha value is -2.06. The molecule has 3 heteroatoms. The second-order valence-electron chi connectivity index (χ2n) is 5.29. The normalized spacial score (nSPS) is 21.4. The van der Waals surface area contributed by atoms with Crippen LogP contribution in [-0.2, 0) is 9.53 Å². The lowest BCUT2D eigenvalue weighted by molar-refractivity contribution is -0.139. The summed E-state index contributed by atoms with van der Waals surface area (Å²) >= 11 is 5.93. The predicted octanol–water partition coefficient (Wildman–Crippen LogP) is 4.59. The van der Waals surface area contributed by atoms with Crippen molar-refractivity contribution in [2.45, 2.75) is 18.9 Å². The van der Waals surface area contributed by atoms with Crippen molar-refractivity contribution in [1.82, 2.24) is 0 Å². The minimum absolute atomic E-state index is 0.169. The summed E-state index contributed by atoms with van der Waals surface area (Å²) in [5, 5.41) is 0.668. The van der Waals surface area contributed by atoms with Gasteiger partial charge in [0.25, 0.3) is 0 Å². The lowest BCUT2D eigenvalue weighted by Gasteiger charge is -2.18. The molecule has 0 saturated carbocycles. The minimum atomic E-state index is -0.333. The van der Waals surface area contributed by atoms with Crippen LogP contribution in [0.1, 0.15) is 28.7 Å². The Morgan fingerprint density at radius 2 is 1.57 bits per heavy atom. The Morgan fingerprint density at radius 3 is 2.19 bits per heavy atom. The largest absolute Gasteiger partial charge is 0.453 e. The van der Waals surface area contributed by atoms with E-state index >= 15 is 0 Å². The molecular formula is C18H15ClO2. The van der Waals surface area contributed by atoms with Gasteiger partial charge in [-0.1, -0.05) is 60.1 Å². The smallest absolute Gasteiger partial charge is 0.334 e. The molecule has 2 unspecified atom stereocenters. The topological polar surface area (TPSA) is 26.3 Å². The van der Waals surface area contributed by atoms with Crippen molar-refractivity contribution >= 4 is 17.6 Å². The summed E-state index contributed by atoms with van der Waals surface area (Å²) in [5.74, 6) is -0.502. The highest BCUT2D eigenvalue weighted by Gasteiger charge is 2.40. The Labute approximate surface area is 129 Å². The van der Waals surface area contributed by atoms with Crippen LogP contribution in [-0.4, -0.2) is 5.97 Å². The van der Waals surface area contributed by atoms with Gasteiger partial charge in [-0.05, 0) is 30.2 Å². The van der Waals surface area contributed by atoms with Crippen LogP contribution in [0, 0.1) is 6.92 Å². The fourth-order valence-electron chi connectivity index (χ4n) is 2.63. The zero-order valence-corrected chi connectivity index (χ0v) is 12.4. The Kier molecular flexibility index (Phi) is 3.56. The van der Waals surface area contributed by atoms with Crippen molar-refractivity contribution in [3.8, 4) is 0 Å². The van der Waals surface area contributed by atoms with Crippen molar-refractivity contribution in [1.29, 1.82) is 0 Å². The first-order chi connectivity index (χ1) is 10.1. The molecule has 0 spiro atoms. The highest BCUT2D eigenvalue weighted by molar-refractivity contribution is 6.30. The molecule has 3 rings (SSSR count). The molecule has 1 aliphatic rings. The number of hydrogen-bond acceptors (Lipinski definition) is 2. The Balaban J connectivity index is 2.02. The SMILES string of the molecule is C=C1C(=O)OC(c2ccc(C)cc2)C1c1ccc(Cl)cc1. The molecule has 0 aromatic heterocycles. The second-order valence-corrected chi connectivity index (χ2v) is 5.73. The quantitative estimate of drug-likeness (QED) is 0.599. The number of rotatable bonds is 2. The molecule has 0 bridgehead atoms. The molecule has 1 fully saturated rings. The highest BCUT2D eigenvalue weighted by atomic mass is 35.5. The summed E-state index contributed by atoms with van der Waals surface area (Å²) in [6.07, 6.45) is -0.327. The number of carbonyl (C=O) groups excluding carboxylic acids is 1. The van der Waals surface area contributed by atoms with Gasteiger partial charge < -0.3 is 4.74 Å². The molecule has 2 atom stereocenters. The number of ether oxygens (including phenoxy) is 1. The average molecular weight is 299 g/mol. The molecule has 0 aliphatic carbocycles. The van der Waals surface area contributed by atoms with Gasteiger partial charge in [0, 0.05) is 10.6 Å². The van der Waals surface area contributed by atoms with Crippen molar-refractivity contribution in [3.63, 3.8) is 0 Å². The van der Waals surface area contributed by atoms with E-state index in [1.165, 1.54) is 5.56 Å². The number of aryl methyl sites for hydroxylation is 1. The molecule has 2 aromatic carbocycles.